The zero-order chi connectivity index (χ0) is 33.0. The Labute approximate surface area is 293 Å². The molecule has 234 valence electrons. The smallest absolute Gasteiger partial charge is 0.160 e. The zero-order valence-electron chi connectivity index (χ0n) is 27.0. The Morgan fingerprint density at radius 3 is 1.68 bits per heavy atom. The molecule has 10 rings (SSSR count). The van der Waals surface area contributed by atoms with Crippen molar-refractivity contribution in [3.05, 3.63) is 176 Å². The highest BCUT2D eigenvalue weighted by Gasteiger charge is 2.17. The summed E-state index contributed by atoms with van der Waals surface area (Å²) in [5, 5.41) is 3.68. The van der Waals surface area contributed by atoms with Crippen LogP contribution in [0.15, 0.2) is 176 Å². The second kappa shape index (κ2) is 11.7. The van der Waals surface area contributed by atoms with Gasteiger partial charge in [-0.1, -0.05) is 146 Å². The SMILES string of the molecule is c1ccc(-c2nc(-c3ccccc3)c3sc4cc(-c5ccc(-c6ccc7c8ccccc8n(-c8ccccc8)c7c6)cc5)ccc4c3n2)cc1. The number of benzene rings is 7. The Kier molecular flexibility index (Phi) is 6.68. The molecule has 0 radical (unpaired) electrons. The van der Waals surface area contributed by atoms with Crippen LogP contribution in [0.4, 0.5) is 0 Å². The van der Waals surface area contributed by atoms with Crippen LogP contribution in [-0.2, 0) is 0 Å². The lowest BCUT2D eigenvalue weighted by molar-refractivity contribution is 1.18. The molecule has 0 fully saturated rings. The van der Waals surface area contributed by atoms with E-state index in [0.29, 0.717) is 0 Å². The van der Waals surface area contributed by atoms with Crippen molar-refractivity contribution in [3.8, 4) is 50.6 Å². The predicted octanol–water partition coefficient (Wildman–Crippen LogP) is 12.6. The molecule has 0 saturated heterocycles. The van der Waals surface area contributed by atoms with Crippen LogP contribution < -0.4 is 0 Å². The fourth-order valence-corrected chi connectivity index (χ4v) is 8.38. The third kappa shape index (κ3) is 4.73. The van der Waals surface area contributed by atoms with Crippen LogP contribution in [0, 0.1) is 0 Å². The standard InChI is InChI=1S/C46H29N3S/c1-4-12-32(13-5-1)43-45-44(48-46(47-43)33-14-6-2-7-15-33)39-27-25-35(29-42(39)50-45)31-22-20-30(21-23-31)34-24-26-38-37-18-10-11-19-40(37)49(41(38)28-34)36-16-8-3-9-17-36/h1-29H. The first kappa shape index (κ1) is 28.6. The van der Waals surface area contributed by atoms with Gasteiger partial charge in [0.2, 0.25) is 0 Å². The molecule has 3 aromatic heterocycles. The number of fused-ring (bicyclic) bond motifs is 6. The lowest BCUT2D eigenvalue weighted by Crippen LogP contribution is -1.93. The third-order valence-electron chi connectivity index (χ3n) is 9.63. The van der Waals surface area contributed by atoms with E-state index < -0.39 is 0 Å². The number of nitrogens with zero attached hydrogens (tertiary/aromatic N) is 3. The van der Waals surface area contributed by atoms with Crippen molar-refractivity contribution in [2.24, 2.45) is 0 Å². The zero-order valence-corrected chi connectivity index (χ0v) is 27.8. The van der Waals surface area contributed by atoms with Gasteiger partial charge in [0.15, 0.2) is 5.82 Å². The largest absolute Gasteiger partial charge is 0.309 e. The number of aromatic nitrogens is 3. The highest BCUT2D eigenvalue weighted by Crippen LogP contribution is 2.41. The van der Waals surface area contributed by atoms with Crippen LogP contribution in [0.3, 0.4) is 0 Å². The van der Waals surface area contributed by atoms with E-state index in [1.807, 2.05) is 24.3 Å². The molecule has 0 aliphatic carbocycles. The average Bonchev–Trinajstić information content (AvgIpc) is 3.73. The minimum atomic E-state index is 0.749. The van der Waals surface area contributed by atoms with E-state index >= 15 is 0 Å². The van der Waals surface area contributed by atoms with Crippen molar-refractivity contribution in [2.75, 3.05) is 0 Å². The van der Waals surface area contributed by atoms with E-state index in [0.717, 1.165) is 38.2 Å². The van der Waals surface area contributed by atoms with Gasteiger partial charge in [-0.15, -0.1) is 11.3 Å². The molecular formula is C46H29N3S. The van der Waals surface area contributed by atoms with Gasteiger partial charge in [0.25, 0.3) is 0 Å². The molecule has 0 aliphatic rings. The van der Waals surface area contributed by atoms with Gasteiger partial charge in [-0.05, 0) is 52.6 Å². The lowest BCUT2D eigenvalue weighted by Gasteiger charge is -2.09. The number of hydrogen-bond acceptors (Lipinski definition) is 3. The number of rotatable bonds is 5. The maximum atomic E-state index is 5.13. The number of para-hydroxylation sites is 2. The molecule has 0 atom stereocenters. The average molecular weight is 656 g/mol. The van der Waals surface area contributed by atoms with Gasteiger partial charge in [-0.2, -0.15) is 0 Å². The van der Waals surface area contributed by atoms with Gasteiger partial charge in [-0.25, -0.2) is 9.97 Å². The highest BCUT2D eigenvalue weighted by atomic mass is 32.1. The number of hydrogen-bond donors (Lipinski definition) is 0. The van der Waals surface area contributed by atoms with Gasteiger partial charge in [0.1, 0.15) is 0 Å². The van der Waals surface area contributed by atoms with Gasteiger partial charge in [-0.3, -0.25) is 0 Å². The first-order valence-electron chi connectivity index (χ1n) is 16.8. The summed E-state index contributed by atoms with van der Waals surface area (Å²) >= 11 is 1.77. The summed E-state index contributed by atoms with van der Waals surface area (Å²) in [4.78, 5) is 10.2. The summed E-state index contributed by atoms with van der Waals surface area (Å²) in [7, 11) is 0. The Hall–Kier alpha value is -6.36. The van der Waals surface area contributed by atoms with Gasteiger partial charge < -0.3 is 4.57 Å². The Morgan fingerprint density at radius 1 is 0.400 bits per heavy atom. The minimum Gasteiger partial charge on any atom is -0.309 e. The normalized spacial score (nSPS) is 11.6. The minimum absolute atomic E-state index is 0.749. The molecule has 7 aromatic carbocycles. The summed E-state index contributed by atoms with van der Waals surface area (Å²) in [6.45, 7) is 0. The van der Waals surface area contributed by atoms with Crippen molar-refractivity contribution in [2.45, 2.75) is 0 Å². The molecule has 3 nitrogen and oxygen atoms in total. The summed E-state index contributed by atoms with van der Waals surface area (Å²) in [5.74, 6) is 0.749. The van der Waals surface area contributed by atoms with Crippen LogP contribution in [0.25, 0.3) is 92.7 Å². The van der Waals surface area contributed by atoms with Crippen molar-refractivity contribution < 1.29 is 0 Å². The summed E-state index contributed by atoms with van der Waals surface area (Å²) < 4.78 is 4.69. The van der Waals surface area contributed by atoms with Crippen LogP contribution in [0.1, 0.15) is 0 Å². The van der Waals surface area contributed by atoms with E-state index in [1.54, 1.807) is 11.3 Å². The Balaban J connectivity index is 1.05. The van der Waals surface area contributed by atoms with Crippen molar-refractivity contribution in [1.82, 2.24) is 14.5 Å². The molecular weight excluding hydrogens is 627 g/mol. The maximum absolute atomic E-state index is 5.13. The van der Waals surface area contributed by atoms with Gasteiger partial charge in [0.05, 0.1) is 26.9 Å². The van der Waals surface area contributed by atoms with Crippen molar-refractivity contribution in [3.63, 3.8) is 0 Å². The van der Waals surface area contributed by atoms with E-state index in [9.17, 15) is 0 Å². The molecule has 0 amide bonds. The van der Waals surface area contributed by atoms with Crippen LogP contribution in [0.2, 0.25) is 0 Å². The summed E-state index contributed by atoms with van der Waals surface area (Å²) in [6.07, 6.45) is 0. The Morgan fingerprint density at radius 2 is 0.960 bits per heavy atom. The van der Waals surface area contributed by atoms with Gasteiger partial charge >= 0.3 is 0 Å². The van der Waals surface area contributed by atoms with Crippen LogP contribution in [0.5, 0.6) is 0 Å². The van der Waals surface area contributed by atoms with E-state index in [4.69, 9.17) is 9.97 Å². The van der Waals surface area contributed by atoms with E-state index in [2.05, 4.69) is 156 Å². The number of thiophene rings is 1. The molecule has 4 heteroatoms. The van der Waals surface area contributed by atoms with Crippen molar-refractivity contribution in [1.29, 1.82) is 0 Å². The molecule has 0 N–H and O–H groups in total. The first-order chi connectivity index (χ1) is 24.8. The summed E-state index contributed by atoms with van der Waals surface area (Å²) in [6, 6.07) is 62.6. The molecule has 0 aliphatic heterocycles. The molecule has 0 unspecified atom stereocenters. The van der Waals surface area contributed by atoms with E-state index in [1.165, 1.54) is 54.4 Å². The second-order valence-electron chi connectivity index (χ2n) is 12.6. The van der Waals surface area contributed by atoms with Crippen LogP contribution in [-0.4, -0.2) is 14.5 Å². The Bertz CT molecular complexity index is 2840. The molecule has 0 bridgehead atoms. The fourth-order valence-electron chi connectivity index (χ4n) is 7.19. The molecule has 10 aromatic rings. The van der Waals surface area contributed by atoms with Gasteiger partial charge in [0, 0.05) is 37.7 Å². The van der Waals surface area contributed by atoms with Crippen molar-refractivity contribution >= 4 is 53.4 Å². The first-order valence-corrected chi connectivity index (χ1v) is 17.6. The molecule has 3 heterocycles. The van der Waals surface area contributed by atoms with E-state index in [-0.39, 0.29) is 0 Å². The molecule has 0 spiro atoms. The quantitative estimate of drug-likeness (QED) is 0.185. The molecule has 50 heavy (non-hydrogen) atoms. The predicted molar refractivity (Wildman–Crippen MR) is 211 cm³/mol. The topological polar surface area (TPSA) is 30.7 Å². The van der Waals surface area contributed by atoms with Crippen LogP contribution >= 0.6 is 11.3 Å². The highest BCUT2D eigenvalue weighted by molar-refractivity contribution is 7.26. The third-order valence-corrected chi connectivity index (χ3v) is 10.8. The second-order valence-corrected chi connectivity index (χ2v) is 13.7. The lowest BCUT2D eigenvalue weighted by atomic mass is 9.99. The summed E-state index contributed by atoms with van der Waals surface area (Å²) in [5.41, 5.74) is 12.5. The molecule has 0 saturated carbocycles. The monoisotopic (exact) mass is 655 g/mol. The fraction of sp³-hybridized carbons (Fsp3) is 0. The maximum Gasteiger partial charge on any atom is 0.160 e.